The summed E-state index contributed by atoms with van der Waals surface area (Å²) in [5.74, 6) is -0.452. The molecular formula is C16H21FN2O3. The minimum Gasteiger partial charge on any atom is -0.381 e. The molecule has 2 fully saturated rings. The van der Waals surface area contributed by atoms with E-state index in [1.807, 2.05) is 6.07 Å². The van der Waals surface area contributed by atoms with Crippen molar-refractivity contribution in [3.63, 3.8) is 0 Å². The predicted molar refractivity (Wildman–Crippen MR) is 78.9 cm³/mol. The fourth-order valence-corrected chi connectivity index (χ4v) is 3.04. The molecule has 0 bridgehead atoms. The minimum absolute atomic E-state index is 0.154. The molecule has 2 heterocycles. The number of hydrogen-bond donors (Lipinski definition) is 2. The van der Waals surface area contributed by atoms with Gasteiger partial charge < -0.3 is 20.1 Å². The van der Waals surface area contributed by atoms with Crippen LogP contribution in [0.5, 0.6) is 0 Å². The van der Waals surface area contributed by atoms with Crippen molar-refractivity contribution in [2.45, 2.75) is 24.5 Å². The summed E-state index contributed by atoms with van der Waals surface area (Å²) in [5, 5.41) is 6.24. The molecule has 2 aliphatic rings. The van der Waals surface area contributed by atoms with Gasteiger partial charge in [-0.15, -0.1) is 0 Å². The fraction of sp³-hybridized carbons (Fsp3) is 0.562. The highest BCUT2D eigenvalue weighted by Gasteiger charge is 2.38. The molecule has 3 rings (SSSR count). The van der Waals surface area contributed by atoms with Crippen LogP contribution in [0.15, 0.2) is 24.3 Å². The lowest BCUT2D eigenvalue weighted by molar-refractivity contribution is -0.137. The van der Waals surface area contributed by atoms with E-state index in [0.717, 1.165) is 12.1 Å². The molecule has 0 spiro atoms. The number of halogens is 1. The highest BCUT2D eigenvalue weighted by molar-refractivity contribution is 5.82. The lowest BCUT2D eigenvalue weighted by atomic mass is 9.82. The van der Waals surface area contributed by atoms with Crippen molar-refractivity contribution in [1.29, 1.82) is 0 Å². The summed E-state index contributed by atoms with van der Waals surface area (Å²) in [4.78, 5) is 12.5. The third kappa shape index (κ3) is 3.29. The first-order valence-corrected chi connectivity index (χ1v) is 7.68. The molecule has 22 heavy (non-hydrogen) atoms. The van der Waals surface area contributed by atoms with Gasteiger partial charge in [0.1, 0.15) is 11.9 Å². The van der Waals surface area contributed by atoms with Crippen LogP contribution in [-0.4, -0.2) is 44.9 Å². The summed E-state index contributed by atoms with van der Waals surface area (Å²) in [6.45, 7) is 2.86. The van der Waals surface area contributed by atoms with Crippen LogP contribution in [0.4, 0.5) is 4.39 Å². The highest BCUT2D eigenvalue weighted by Crippen LogP contribution is 2.32. The summed E-state index contributed by atoms with van der Waals surface area (Å²) < 4.78 is 24.5. The Bertz CT molecular complexity index is 526. The van der Waals surface area contributed by atoms with Crippen molar-refractivity contribution >= 4 is 5.91 Å². The Morgan fingerprint density at radius 3 is 2.82 bits per heavy atom. The van der Waals surface area contributed by atoms with Gasteiger partial charge in [-0.25, -0.2) is 4.39 Å². The molecule has 5 nitrogen and oxygen atoms in total. The van der Waals surface area contributed by atoms with Gasteiger partial charge in [-0.05, 0) is 30.5 Å². The predicted octanol–water partition coefficient (Wildman–Crippen LogP) is 0.936. The number of nitrogens with one attached hydrogen (secondary N) is 2. The van der Waals surface area contributed by atoms with E-state index in [0.29, 0.717) is 39.2 Å². The molecule has 1 unspecified atom stereocenters. The Morgan fingerprint density at radius 2 is 2.14 bits per heavy atom. The quantitative estimate of drug-likeness (QED) is 0.872. The molecule has 0 aliphatic carbocycles. The average Bonchev–Trinajstić information content (AvgIpc) is 2.56. The van der Waals surface area contributed by atoms with Crippen LogP contribution in [0.25, 0.3) is 0 Å². The molecule has 0 aromatic heterocycles. The first-order valence-electron chi connectivity index (χ1n) is 7.68. The number of carbonyl (C=O) groups is 1. The zero-order chi connectivity index (χ0) is 15.4. The summed E-state index contributed by atoms with van der Waals surface area (Å²) in [6.07, 6.45) is 0.757. The molecule has 2 saturated heterocycles. The normalized spacial score (nSPS) is 24.7. The number of benzene rings is 1. The van der Waals surface area contributed by atoms with Crippen LogP contribution >= 0.6 is 0 Å². The number of hydrogen-bond acceptors (Lipinski definition) is 4. The van der Waals surface area contributed by atoms with Crippen molar-refractivity contribution in [2.75, 3.05) is 32.9 Å². The maximum Gasteiger partial charge on any atom is 0.251 e. The van der Waals surface area contributed by atoms with E-state index in [1.54, 1.807) is 6.07 Å². The van der Waals surface area contributed by atoms with Crippen molar-refractivity contribution in [3.8, 4) is 0 Å². The van der Waals surface area contributed by atoms with E-state index in [4.69, 9.17) is 9.47 Å². The average molecular weight is 308 g/mol. The molecule has 1 atom stereocenters. The topological polar surface area (TPSA) is 59.6 Å². The molecule has 2 aliphatic heterocycles. The monoisotopic (exact) mass is 308 g/mol. The Kier molecular flexibility index (Phi) is 4.71. The van der Waals surface area contributed by atoms with E-state index in [-0.39, 0.29) is 11.7 Å². The maximum absolute atomic E-state index is 13.6. The van der Waals surface area contributed by atoms with E-state index in [9.17, 15) is 9.18 Å². The number of carbonyl (C=O) groups excluding carboxylic acids is 1. The summed E-state index contributed by atoms with van der Waals surface area (Å²) in [7, 11) is 0. The summed E-state index contributed by atoms with van der Waals surface area (Å²) in [5.41, 5.74) is 0.200. The van der Waals surface area contributed by atoms with Crippen LogP contribution < -0.4 is 10.6 Å². The van der Waals surface area contributed by atoms with Gasteiger partial charge in [0.25, 0.3) is 5.91 Å². The Labute approximate surface area is 129 Å². The second-order valence-corrected chi connectivity index (χ2v) is 5.76. The Morgan fingerprint density at radius 1 is 1.32 bits per heavy atom. The second-order valence-electron chi connectivity index (χ2n) is 5.76. The number of amides is 1. The molecule has 2 N–H and O–H groups in total. The second kappa shape index (κ2) is 6.73. The van der Waals surface area contributed by atoms with Gasteiger partial charge in [0, 0.05) is 26.3 Å². The van der Waals surface area contributed by atoms with Gasteiger partial charge in [0.15, 0.2) is 0 Å². The van der Waals surface area contributed by atoms with Gasteiger partial charge >= 0.3 is 0 Å². The summed E-state index contributed by atoms with van der Waals surface area (Å²) in [6, 6.07) is 6.43. The SMILES string of the molecule is O=C(NC1(c2cccc(F)c2)CCOCC1)C1CNCCO1. The smallest absolute Gasteiger partial charge is 0.251 e. The molecule has 0 radical (unpaired) electrons. The van der Waals surface area contributed by atoms with Crippen LogP contribution in [0.3, 0.4) is 0 Å². The van der Waals surface area contributed by atoms with Crippen molar-refractivity contribution < 1.29 is 18.7 Å². The van der Waals surface area contributed by atoms with Gasteiger partial charge in [-0.3, -0.25) is 4.79 Å². The molecule has 0 saturated carbocycles. The fourth-order valence-electron chi connectivity index (χ4n) is 3.04. The van der Waals surface area contributed by atoms with Crippen molar-refractivity contribution in [2.24, 2.45) is 0 Å². The third-order valence-corrected chi connectivity index (χ3v) is 4.31. The first-order chi connectivity index (χ1) is 10.7. The largest absolute Gasteiger partial charge is 0.381 e. The zero-order valence-electron chi connectivity index (χ0n) is 12.4. The van der Waals surface area contributed by atoms with Crippen LogP contribution in [-0.2, 0) is 19.8 Å². The van der Waals surface area contributed by atoms with E-state index in [2.05, 4.69) is 10.6 Å². The first kappa shape index (κ1) is 15.4. The van der Waals surface area contributed by atoms with E-state index < -0.39 is 11.6 Å². The zero-order valence-corrected chi connectivity index (χ0v) is 12.4. The molecule has 1 aromatic rings. The van der Waals surface area contributed by atoms with Crippen molar-refractivity contribution in [1.82, 2.24) is 10.6 Å². The summed E-state index contributed by atoms with van der Waals surface area (Å²) >= 11 is 0. The third-order valence-electron chi connectivity index (χ3n) is 4.31. The maximum atomic E-state index is 13.6. The van der Waals surface area contributed by atoms with E-state index in [1.165, 1.54) is 12.1 Å². The van der Waals surface area contributed by atoms with Gasteiger partial charge in [0.2, 0.25) is 0 Å². The Hall–Kier alpha value is -1.50. The van der Waals surface area contributed by atoms with Gasteiger partial charge in [-0.1, -0.05) is 12.1 Å². The highest BCUT2D eigenvalue weighted by atomic mass is 19.1. The van der Waals surface area contributed by atoms with Crippen LogP contribution in [0.2, 0.25) is 0 Å². The van der Waals surface area contributed by atoms with Gasteiger partial charge in [-0.2, -0.15) is 0 Å². The number of morpholine rings is 1. The van der Waals surface area contributed by atoms with E-state index >= 15 is 0 Å². The lowest BCUT2D eigenvalue weighted by Gasteiger charge is -2.39. The number of rotatable bonds is 3. The van der Waals surface area contributed by atoms with Crippen LogP contribution in [0.1, 0.15) is 18.4 Å². The lowest BCUT2D eigenvalue weighted by Crippen LogP contribution is -2.56. The number of ether oxygens (including phenoxy) is 2. The molecule has 6 heteroatoms. The molecular weight excluding hydrogens is 287 g/mol. The Balaban J connectivity index is 1.81. The molecule has 1 amide bonds. The van der Waals surface area contributed by atoms with Gasteiger partial charge in [0.05, 0.1) is 12.1 Å². The minimum atomic E-state index is -0.585. The van der Waals surface area contributed by atoms with Crippen LogP contribution in [0, 0.1) is 5.82 Å². The molecule has 120 valence electrons. The molecule has 1 aromatic carbocycles. The van der Waals surface area contributed by atoms with Crippen molar-refractivity contribution in [3.05, 3.63) is 35.6 Å². The standard InChI is InChI=1S/C16H21FN2O3/c17-13-3-1-2-12(10-13)16(4-7-21-8-5-16)19-15(20)14-11-18-6-9-22-14/h1-3,10,14,18H,4-9,11H2,(H,19,20).